The zero-order valence-corrected chi connectivity index (χ0v) is 16.6. The molecular weight excluding hydrogens is 366 g/mol. The number of piperazine rings is 1. The van der Waals surface area contributed by atoms with Gasteiger partial charge in [-0.25, -0.2) is 4.79 Å². The first-order chi connectivity index (χ1) is 14.2. The number of ether oxygens (including phenoxy) is 1. The summed E-state index contributed by atoms with van der Waals surface area (Å²) in [7, 11) is 0. The fraction of sp³-hybridized carbons (Fsp3) is 0.391. The van der Waals surface area contributed by atoms with Crippen LogP contribution in [0.3, 0.4) is 0 Å². The molecule has 2 aromatic rings. The minimum Gasteiger partial charge on any atom is -0.457 e. The Labute approximate surface area is 171 Å². The molecule has 2 heterocycles. The number of hydrogen-bond donors (Lipinski definition) is 0. The number of carbonyl (C=O) groups is 2. The number of nitrogens with zero attached hydrogens (tertiary/aromatic N) is 3. The van der Waals surface area contributed by atoms with Gasteiger partial charge in [-0.05, 0) is 55.7 Å². The number of para-hydroxylation sites is 1. The Hall–Kier alpha value is -3.02. The van der Waals surface area contributed by atoms with E-state index in [-0.39, 0.29) is 11.9 Å². The maximum atomic E-state index is 12.8. The third kappa shape index (κ3) is 4.70. The van der Waals surface area contributed by atoms with Gasteiger partial charge in [0, 0.05) is 44.8 Å². The average Bonchev–Trinajstić information content (AvgIpc) is 2.80. The maximum absolute atomic E-state index is 12.8. The van der Waals surface area contributed by atoms with Crippen molar-refractivity contribution in [1.82, 2.24) is 14.7 Å². The summed E-state index contributed by atoms with van der Waals surface area (Å²) < 4.78 is 5.78. The molecule has 2 fully saturated rings. The van der Waals surface area contributed by atoms with Gasteiger partial charge in [0.05, 0.1) is 0 Å². The zero-order valence-electron chi connectivity index (χ0n) is 16.6. The fourth-order valence-electron chi connectivity index (χ4n) is 3.86. The van der Waals surface area contributed by atoms with E-state index < -0.39 is 0 Å². The van der Waals surface area contributed by atoms with Gasteiger partial charge in [-0.15, -0.1) is 0 Å². The van der Waals surface area contributed by atoms with Crippen LogP contribution in [0.2, 0.25) is 0 Å². The molecule has 0 aromatic heterocycles. The predicted octanol–water partition coefficient (Wildman–Crippen LogP) is 3.84. The second kappa shape index (κ2) is 8.99. The molecule has 2 aliphatic heterocycles. The molecule has 0 saturated carbocycles. The van der Waals surface area contributed by atoms with Gasteiger partial charge in [-0.3, -0.25) is 4.79 Å². The van der Waals surface area contributed by atoms with Crippen LogP contribution < -0.4 is 4.74 Å². The smallest absolute Gasteiger partial charge is 0.320 e. The molecule has 0 aliphatic carbocycles. The van der Waals surface area contributed by atoms with Crippen molar-refractivity contribution >= 4 is 11.9 Å². The zero-order chi connectivity index (χ0) is 20.1. The molecule has 2 aromatic carbocycles. The topological polar surface area (TPSA) is 53.1 Å². The van der Waals surface area contributed by atoms with E-state index in [4.69, 9.17) is 4.74 Å². The van der Waals surface area contributed by atoms with Crippen LogP contribution in [0.1, 0.15) is 29.6 Å². The Morgan fingerprint density at radius 3 is 1.83 bits per heavy atom. The molecule has 6 nitrogen and oxygen atoms in total. The van der Waals surface area contributed by atoms with E-state index in [9.17, 15) is 9.59 Å². The SMILES string of the molecule is O=C(c1ccc(Oc2ccccc2)cc1)N1CCN(C(=O)N2CCCCC2)CC1. The predicted molar refractivity (Wildman–Crippen MR) is 111 cm³/mol. The van der Waals surface area contributed by atoms with Crippen molar-refractivity contribution in [3.63, 3.8) is 0 Å². The molecule has 0 spiro atoms. The second-order valence-electron chi connectivity index (χ2n) is 7.55. The van der Waals surface area contributed by atoms with Crippen LogP contribution >= 0.6 is 0 Å². The van der Waals surface area contributed by atoms with Crippen LogP contribution in [-0.4, -0.2) is 65.9 Å². The summed E-state index contributed by atoms with van der Waals surface area (Å²) >= 11 is 0. The Balaban J connectivity index is 1.30. The normalized spacial score (nSPS) is 17.2. The summed E-state index contributed by atoms with van der Waals surface area (Å²) in [4.78, 5) is 31.1. The number of benzene rings is 2. The van der Waals surface area contributed by atoms with Crippen LogP contribution in [0.25, 0.3) is 0 Å². The van der Waals surface area contributed by atoms with Crippen LogP contribution in [-0.2, 0) is 0 Å². The number of rotatable bonds is 3. The molecular formula is C23H27N3O3. The van der Waals surface area contributed by atoms with Crippen LogP contribution in [0.15, 0.2) is 54.6 Å². The Bertz CT molecular complexity index is 824. The molecule has 0 unspecified atom stereocenters. The van der Waals surface area contributed by atoms with Crippen LogP contribution in [0.5, 0.6) is 11.5 Å². The van der Waals surface area contributed by atoms with Crippen LogP contribution in [0.4, 0.5) is 4.79 Å². The van der Waals surface area contributed by atoms with Crippen molar-refractivity contribution in [3.8, 4) is 11.5 Å². The quantitative estimate of drug-likeness (QED) is 0.796. The lowest BCUT2D eigenvalue weighted by atomic mass is 10.1. The summed E-state index contributed by atoms with van der Waals surface area (Å²) in [6.45, 7) is 4.04. The van der Waals surface area contributed by atoms with E-state index in [1.807, 2.05) is 57.2 Å². The lowest BCUT2D eigenvalue weighted by Crippen LogP contribution is -2.54. The summed E-state index contributed by atoms with van der Waals surface area (Å²) in [5, 5.41) is 0. The lowest BCUT2D eigenvalue weighted by molar-refractivity contribution is 0.0633. The Morgan fingerprint density at radius 1 is 0.621 bits per heavy atom. The lowest BCUT2D eigenvalue weighted by Gasteiger charge is -2.38. The molecule has 152 valence electrons. The Morgan fingerprint density at radius 2 is 1.17 bits per heavy atom. The summed E-state index contributed by atoms with van der Waals surface area (Å²) in [6, 6.07) is 16.9. The van der Waals surface area contributed by atoms with E-state index >= 15 is 0 Å². The highest BCUT2D eigenvalue weighted by Crippen LogP contribution is 2.22. The van der Waals surface area contributed by atoms with Gasteiger partial charge in [0.25, 0.3) is 5.91 Å². The van der Waals surface area contributed by atoms with E-state index in [2.05, 4.69) is 0 Å². The number of amides is 3. The van der Waals surface area contributed by atoms with Gasteiger partial charge in [-0.1, -0.05) is 18.2 Å². The standard InChI is InChI=1S/C23H27N3O3/c27-22(19-9-11-21(12-10-19)29-20-7-3-1-4-8-20)24-15-17-26(18-16-24)23(28)25-13-5-2-6-14-25/h1,3-4,7-12H,2,5-6,13-18H2. The van der Waals surface area contributed by atoms with Gasteiger partial charge in [0.15, 0.2) is 0 Å². The van der Waals surface area contributed by atoms with E-state index in [1.54, 1.807) is 12.1 Å². The molecule has 0 atom stereocenters. The van der Waals surface area contributed by atoms with Gasteiger partial charge in [-0.2, -0.15) is 0 Å². The van der Waals surface area contributed by atoms with E-state index in [0.29, 0.717) is 37.5 Å². The molecule has 2 aliphatic rings. The molecule has 0 radical (unpaired) electrons. The summed E-state index contributed by atoms with van der Waals surface area (Å²) in [6.07, 6.45) is 3.39. The number of piperidine rings is 1. The van der Waals surface area contributed by atoms with Crippen molar-refractivity contribution in [1.29, 1.82) is 0 Å². The summed E-state index contributed by atoms with van der Waals surface area (Å²) in [5.41, 5.74) is 0.640. The fourth-order valence-corrected chi connectivity index (χ4v) is 3.86. The van der Waals surface area contributed by atoms with Crippen molar-refractivity contribution in [2.75, 3.05) is 39.3 Å². The first-order valence-electron chi connectivity index (χ1n) is 10.4. The maximum Gasteiger partial charge on any atom is 0.320 e. The molecule has 0 N–H and O–H groups in total. The molecule has 3 amide bonds. The average molecular weight is 393 g/mol. The molecule has 6 heteroatoms. The number of likely N-dealkylation sites (tertiary alicyclic amines) is 1. The Kier molecular flexibility index (Phi) is 5.98. The van der Waals surface area contributed by atoms with Gasteiger partial charge < -0.3 is 19.4 Å². The van der Waals surface area contributed by atoms with Gasteiger partial charge in [0.2, 0.25) is 0 Å². The van der Waals surface area contributed by atoms with Crippen molar-refractivity contribution in [2.24, 2.45) is 0 Å². The molecule has 0 bridgehead atoms. The first-order valence-corrected chi connectivity index (χ1v) is 10.4. The molecule has 2 saturated heterocycles. The molecule has 29 heavy (non-hydrogen) atoms. The minimum atomic E-state index is 0.00123. The van der Waals surface area contributed by atoms with E-state index in [1.165, 1.54) is 6.42 Å². The monoisotopic (exact) mass is 393 g/mol. The second-order valence-corrected chi connectivity index (χ2v) is 7.55. The van der Waals surface area contributed by atoms with Crippen molar-refractivity contribution in [2.45, 2.75) is 19.3 Å². The van der Waals surface area contributed by atoms with Gasteiger partial charge in [0.1, 0.15) is 11.5 Å². The third-order valence-electron chi connectivity index (χ3n) is 5.54. The van der Waals surface area contributed by atoms with Crippen molar-refractivity contribution < 1.29 is 14.3 Å². The number of carbonyl (C=O) groups excluding carboxylic acids is 2. The van der Waals surface area contributed by atoms with Crippen LogP contribution in [0, 0.1) is 0 Å². The minimum absolute atomic E-state index is 0.00123. The first kappa shape index (κ1) is 19.3. The highest BCUT2D eigenvalue weighted by molar-refractivity contribution is 5.94. The highest BCUT2D eigenvalue weighted by atomic mass is 16.5. The van der Waals surface area contributed by atoms with E-state index in [0.717, 1.165) is 31.7 Å². The number of hydrogen-bond acceptors (Lipinski definition) is 3. The largest absolute Gasteiger partial charge is 0.457 e. The van der Waals surface area contributed by atoms with Crippen molar-refractivity contribution in [3.05, 3.63) is 60.2 Å². The summed E-state index contributed by atoms with van der Waals surface area (Å²) in [5.74, 6) is 1.46. The molecule has 4 rings (SSSR count). The number of urea groups is 1. The van der Waals surface area contributed by atoms with Gasteiger partial charge >= 0.3 is 6.03 Å². The highest BCUT2D eigenvalue weighted by Gasteiger charge is 2.28. The third-order valence-corrected chi connectivity index (χ3v) is 5.54.